The number of aliphatic hydroxyl groups is 1. The predicted octanol–water partition coefficient (Wildman–Crippen LogP) is 3.08. The Labute approximate surface area is 92.1 Å². The summed E-state index contributed by atoms with van der Waals surface area (Å²) in [6.45, 7) is 6.91. The molecule has 15 heavy (non-hydrogen) atoms. The Hall–Kier alpha value is -0.820. The first kappa shape index (κ1) is 10.7. The highest BCUT2D eigenvalue weighted by atomic mass is 16.3. The van der Waals surface area contributed by atoms with Gasteiger partial charge in [0.05, 0.1) is 6.61 Å². The third-order valence-electron chi connectivity index (χ3n) is 3.89. The lowest BCUT2D eigenvalue weighted by Crippen LogP contribution is -2.14. The molecule has 0 aromatic heterocycles. The zero-order valence-electron chi connectivity index (χ0n) is 9.83. The van der Waals surface area contributed by atoms with Crippen LogP contribution in [0, 0.1) is 5.92 Å². The van der Waals surface area contributed by atoms with Crippen molar-refractivity contribution in [2.75, 3.05) is 6.61 Å². The third-order valence-corrected chi connectivity index (χ3v) is 3.89. The van der Waals surface area contributed by atoms with Crippen molar-refractivity contribution in [3.05, 3.63) is 35.4 Å². The van der Waals surface area contributed by atoms with Gasteiger partial charge >= 0.3 is 0 Å². The highest BCUT2D eigenvalue weighted by molar-refractivity contribution is 5.36. The van der Waals surface area contributed by atoms with Gasteiger partial charge in [-0.3, -0.25) is 0 Å². The molecule has 0 radical (unpaired) electrons. The normalized spacial score (nSPS) is 29.5. The van der Waals surface area contributed by atoms with Crippen LogP contribution in [0.15, 0.2) is 24.3 Å². The molecule has 1 aromatic carbocycles. The number of hydrogen-bond acceptors (Lipinski definition) is 1. The lowest BCUT2D eigenvalue weighted by molar-refractivity contribution is 0.247. The number of hydrogen-bond donors (Lipinski definition) is 1. The second kappa shape index (κ2) is 3.64. The van der Waals surface area contributed by atoms with Crippen LogP contribution < -0.4 is 0 Å². The molecule has 1 heteroatoms. The summed E-state index contributed by atoms with van der Waals surface area (Å²) in [5, 5.41) is 9.46. The first-order valence-electron chi connectivity index (χ1n) is 5.81. The van der Waals surface area contributed by atoms with Gasteiger partial charge in [0.1, 0.15) is 0 Å². The van der Waals surface area contributed by atoms with Gasteiger partial charge in [0, 0.05) is 5.41 Å². The number of rotatable bonds is 3. The third kappa shape index (κ3) is 1.69. The van der Waals surface area contributed by atoms with E-state index in [0.717, 1.165) is 6.42 Å². The molecular formula is C14H20O. The van der Waals surface area contributed by atoms with Gasteiger partial charge in [0.2, 0.25) is 0 Å². The van der Waals surface area contributed by atoms with Gasteiger partial charge in [0.15, 0.2) is 0 Å². The maximum Gasteiger partial charge on any atom is 0.0530 e. The zero-order chi connectivity index (χ0) is 11.1. The van der Waals surface area contributed by atoms with E-state index < -0.39 is 0 Å². The van der Waals surface area contributed by atoms with Crippen LogP contribution in [-0.4, -0.2) is 11.7 Å². The summed E-state index contributed by atoms with van der Waals surface area (Å²) in [5.74, 6) is 1.22. The van der Waals surface area contributed by atoms with E-state index in [1.807, 2.05) is 0 Å². The van der Waals surface area contributed by atoms with Crippen LogP contribution >= 0.6 is 0 Å². The van der Waals surface area contributed by atoms with E-state index in [4.69, 9.17) is 0 Å². The van der Waals surface area contributed by atoms with Crippen molar-refractivity contribution in [1.29, 1.82) is 0 Å². The summed E-state index contributed by atoms with van der Waals surface area (Å²) in [5.41, 5.74) is 2.76. The fourth-order valence-electron chi connectivity index (χ4n) is 2.40. The largest absolute Gasteiger partial charge is 0.395 e. The molecule has 0 bridgehead atoms. The highest BCUT2D eigenvalue weighted by Gasteiger charge is 2.51. The van der Waals surface area contributed by atoms with E-state index in [-0.39, 0.29) is 12.0 Å². The van der Waals surface area contributed by atoms with E-state index in [1.165, 1.54) is 11.1 Å². The zero-order valence-corrected chi connectivity index (χ0v) is 9.83. The van der Waals surface area contributed by atoms with Gasteiger partial charge < -0.3 is 5.11 Å². The Bertz CT molecular complexity index is 335. The average Bonchev–Trinajstić information content (AvgIpc) is 2.91. The Balaban J connectivity index is 2.24. The van der Waals surface area contributed by atoms with Crippen molar-refractivity contribution in [3.8, 4) is 0 Å². The maximum absolute atomic E-state index is 9.46. The van der Waals surface area contributed by atoms with Crippen LogP contribution in [0.5, 0.6) is 0 Å². The molecule has 1 saturated carbocycles. The van der Waals surface area contributed by atoms with Gasteiger partial charge in [-0.15, -0.1) is 0 Å². The summed E-state index contributed by atoms with van der Waals surface area (Å²) < 4.78 is 0. The summed E-state index contributed by atoms with van der Waals surface area (Å²) in [7, 11) is 0. The van der Waals surface area contributed by atoms with Crippen LogP contribution in [0.3, 0.4) is 0 Å². The van der Waals surface area contributed by atoms with Gasteiger partial charge in [-0.2, -0.15) is 0 Å². The monoisotopic (exact) mass is 204 g/mol. The van der Waals surface area contributed by atoms with Crippen molar-refractivity contribution in [1.82, 2.24) is 0 Å². The van der Waals surface area contributed by atoms with E-state index in [9.17, 15) is 5.11 Å². The molecule has 1 aliphatic rings. The number of benzene rings is 1. The fraction of sp³-hybridized carbons (Fsp3) is 0.571. The van der Waals surface area contributed by atoms with E-state index in [2.05, 4.69) is 45.0 Å². The SMILES string of the molecule is CC(C)c1ccc(C2(CO)CC2C)cc1. The smallest absolute Gasteiger partial charge is 0.0530 e. The molecule has 82 valence electrons. The van der Waals surface area contributed by atoms with Crippen LogP contribution in [0.25, 0.3) is 0 Å². The molecule has 0 saturated heterocycles. The number of aliphatic hydroxyl groups excluding tert-OH is 1. The molecule has 1 nitrogen and oxygen atoms in total. The molecule has 0 heterocycles. The Kier molecular flexibility index (Phi) is 2.59. The van der Waals surface area contributed by atoms with E-state index in [1.54, 1.807) is 0 Å². The Morgan fingerprint density at radius 2 is 1.87 bits per heavy atom. The van der Waals surface area contributed by atoms with Crippen molar-refractivity contribution in [2.45, 2.75) is 38.5 Å². The van der Waals surface area contributed by atoms with Gasteiger partial charge in [-0.05, 0) is 29.4 Å². The van der Waals surface area contributed by atoms with Crippen molar-refractivity contribution < 1.29 is 5.11 Å². The Morgan fingerprint density at radius 1 is 1.33 bits per heavy atom. The topological polar surface area (TPSA) is 20.2 Å². The van der Waals surface area contributed by atoms with Crippen LogP contribution in [0.2, 0.25) is 0 Å². The fourth-order valence-corrected chi connectivity index (χ4v) is 2.40. The second-order valence-corrected chi connectivity index (χ2v) is 5.20. The van der Waals surface area contributed by atoms with E-state index >= 15 is 0 Å². The molecule has 2 unspecified atom stereocenters. The molecule has 1 N–H and O–H groups in total. The quantitative estimate of drug-likeness (QED) is 0.802. The minimum absolute atomic E-state index is 0.0789. The summed E-state index contributed by atoms with van der Waals surface area (Å²) >= 11 is 0. The molecular weight excluding hydrogens is 184 g/mol. The van der Waals surface area contributed by atoms with Gasteiger partial charge in [-0.25, -0.2) is 0 Å². The molecule has 0 aliphatic heterocycles. The average molecular weight is 204 g/mol. The molecule has 0 spiro atoms. The summed E-state index contributed by atoms with van der Waals surface area (Å²) in [6.07, 6.45) is 1.13. The molecule has 0 amide bonds. The maximum atomic E-state index is 9.46. The summed E-state index contributed by atoms with van der Waals surface area (Å²) in [6, 6.07) is 8.77. The predicted molar refractivity (Wildman–Crippen MR) is 63.1 cm³/mol. The minimum Gasteiger partial charge on any atom is -0.395 e. The molecule has 2 rings (SSSR count). The van der Waals surface area contributed by atoms with Gasteiger partial charge in [0.25, 0.3) is 0 Å². The van der Waals surface area contributed by atoms with Crippen LogP contribution in [0.1, 0.15) is 44.2 Å². The first-order valence-corrected chi connectivity index (χ1v) is 5.81. The second-order valence-electron chi connectivity index (χ2n) is 5.20. The van der Waals surface area contributed by atoms with Crippen LogP contribution in [0.4, 0.5) is 0 Å². The van der Waals surface area contributed by atoms with Crippen LogP contribution in [-0.2, 0) is 5.41 Å². The minimum atomic E-state index is 0.0789. The van der Waals surface area contributed by atoms with E-state index in [0.29, 0.717) is 11.8 Å². The molecule has 1 fully saturated rings. The van der Waals surface area contributed by atoms with Crippen molar-refractivity contribution >= 4 is 0 Å². The van der Waals surface area contributed by atoms with Gasteiger partial charge in [-0.1, -0.05) is 45.0 Å². The highest BCUT2D eigenvalue weighted by Crippen LogP contribution is 2.53. The standard InChI is InChI=1S/C14H20O/c1-10(2)12-4-6-13(7-5-12)14(9-15)8-11(14)3/h4-7,10-11,15H,8-9H2,1-3H3. The van der Waals surface area contributed by atoms with Crippen molar-refractivity contribution in [3.63, 3.8) is 0 Å². The molecule has 1 aliphatic carbocycles. The first-order chi connectivity index (χ1) is 7.10. The Morgan fingerprint density at radius 3 is 2.20 bits per heavy atom. The molecule has 2 atom stereocenters. The summed E-state index contributed by atoms with van der Waals surface area (Å²) in [4.78, 5) is 0. The lowest BCUT2D eigenvalue weighted by atomic mass is 9.92. The van der Waals surface area contributed by atoms with Crippen molar-refractivity contribution in [2.24, 2.45) is 5.92 Å². The lowest BCUT2D eigenvalue weighted by Gasteiger charge is -2.15. The molecule has 1 aromatic rings.